The minimum Gasteiger partial charge on any atom is -0.298 e. The van der Waals surface area contributed by atoms with Crippen LogP contribution in [0.1, 0.15) is 33.6 Å². The summed E-state index contributed by atoms with van der Waals surface area (Å²) in [6.07, 6.45) is 4.59. The lowest BCUT2D eigenvalue weighted by Gasteiger charge is -1.99. The molecule has 1 heteroatoms. The standard InChI is InChI=1S/C8H17N/c1-4-6-8(3)7-9-5-2/h7-8H,4-6H2,1-3H3. The van der Waals surface area contributed by atoms with Crippen LogP contribution in [-0.2, 0) is 0 Å². The van der Waals surface area contributed by atoms with E-state index in [1.807, 2.05) is 0 Å². The number of hydrogen-bond acceptors (Lipinski definition) is 1. The maximum absolute atomic E-state index is 4.17. The Labute approximate surface area is 58.2 Å². The van der Waals surface area contributed by atoms with Crippen LogP contribution in [0.25, 0.3) is 0 Å². The van der Waals surface area contributed by atoms with Gasteiger partial charge in [-0.3, -0.25) is 4.99 Å². The summed E-state index contributed by atoms with van der Waals surface area (Å²) in [7, 11) is 0. The molecule has 54 valence electrons. The van der Waals surface area contributed by atoms with Crippen molar-refractivity contribution in [3.8, 4) is 0 Å². The van der Waals surface area contributed by atoms with Crippen LogP contribution in [0.15, 0.2) is 4.99 Å². The summed E-state index contributed by atoms with van der Waals surface area (Å²) >= 11 is 0. The fourth-order valence-electron chi connectivity index (χ4n) is 0.815. The van der Waals surface area contributed by atoms with Crippen LogP contribution < -0.4 is 0 Å². The summed E-state index contributed by atoms with van der Waals surface area (Å²) in [5.41, 5.74) is 0. The van der Waals surface area contributed by atoms with Crippen molar-refractivity contribution in [3.63, 3.8) is 0 Å². The second-order valence-corrected chi connectivity index (χ2v) is 2.41. The first kappa shape index (κ1) is 8.67. The molecule has 0 bridgehead atoms. The average molecular weight is 127 g/mol. The third-order valence-electron chi connectivity index (χ3n) is 1.29. The Kier molecular flexibility index (Phi) is 5.59. The molecule has 0 saturated carbocycles. The third kappa shape index (κ3) is 5.54. The van der Waals surface area contributed by atoms with Crippen LogP contribution in [0.3, 0.4) is 0 Å². The van der Waals surface area contributed by atoms with Crippen LogP contribution in [0.2, 0.25) is 0 Å². The molecule has 9 heavy (non-hydrogen) atoms. The number of aliphatic imine (C=N–C) groups is 1. The first-order valence-electron chi connectivity index (χ1n) is 3.81. The molecule has 0 fully saturated rings. The van der Waals surface area contributed by atoms with Crippen molar-refractivity contribution in [2.45, 2.75) is 33.6 Å². The largest absolute Gasteiger partial charge is 0.298 e. The van der Waals surface area contributed by atoms with E-state index < -0.39 is 0 Å². The average Bonchev–Trinajstić information content (AvgIpc) is 1.85. The molecule has 0 N–H and O–H groups in total. The summed E-state index contributed by atoms with van der Waals surface area (Å²) in [4.78, 5) is 4.17. The normalized spacial score (nSPS) is 14.6. The quantitative estimate of drug-likeness (QED) is 0.514. The highest BCUT2D eigenvalue weighted by atomic mass is 14.7. The maximum Gasteiger partial charge on any atom is 0.0357 e. The lowest BCUT2D eigenvalue weighted by Crippen LogP contribution is -1.94. The van der Waals surface area contributed by atoms with Crippen LogP contribution in [0.4, 0.5) is 0 Å². The molecule has 0 heterocycles. The van der Waals surface area contributed by atoms with Gasteiger partial charge in [0, 0.05) is 12.8 Å². The zero-order valence-corrected chi connectivity index (χ0v) is 6.72. The van der Waals surface area contributed by atoms with Crippen LogP contribution in [0.5, 0.6) is 0 Å². The molecule has 1 atom stereocenters. The van der Waals surface area contributed by atoms with Gasteiger partial charge in [0.2, 0.25) is 0 Å². The highest BCUT2D eigenvalue weighted by molar-refractivity contribution is 5.59. The molecular formula is C8H17N. The van der Waals surface area contributed by atoms with Gasteiger partial charge in [-0.2, -0.15) is 0 Å². The molecule has 0 aliphatic carbocycles. The first-order chi connectivity index (χ1) is 4.31. The van der Waals surface area contributed by atoms with Crippen molar-refractivity contribution in [1.82, 2.24) is 0 Å². The van der Waals surface area contributed by atoms with Gasteiger partial charge in [0.1, 0.15) is 0 Å². The highest BCUT2D eigenvalue weighted by Crippen LogP contribution is 2.00. The SMILES string of the molecule is CCCC(C)C=NCC. The molecule has 0 saturated heterocycles. The van der Waals surface area contributed by atoms with Crippen molar-refractivity contribution < 1.29 is 0 Å². The Morgan fingerprint density at radius 1 is 1.44 bits per heavy atom. The zero-order valence-electron chi connectivity index (χ0n) is 6.72. The van der Waals surface area contributed by atoms with E-state index in [4.69, 9.17) is 0 Å². The zero-order chi connectivity index (χ0) is 7.11. The molecule has 0 aromatic heterocycles. The van der Waals surface area contributed by atoms with Crippen molar-refractivity contribution in [3.05, 3.63) is 0 Å². The lowest BCUT2D eigenvalue weighted by molar-refractivity contribution is 0.675. The molecule has 0 aliphatic rings. The van der Waals surface area contributed by atoms with E-state index >= 15 is 0 Å². The Bertz CT molecular complexity index is 76.6. The fourth-order valence-corrected chi connectivity index (χ4v) is 0.815. The van der Waals surface area contributed by atoms with Gasteiger partial charge in [-0.25, -0.2) is 0 Å². The van der Waals surface area contributed by atoms with E-state index in [1.54, 1.807) is 0 Å². The molecule has 0 aliphatic heterocycles. The van der Waals surface area contributed by atoms with Gasteiger partial charge in [0.25, 0.3) is 0 Å². The van der Waals surface area contributed by atoms with Gasteiger partial charge in [-0.05, 0) is 19.3 Å². The Hall–Kier alpha value is -0.330. The summed E-state index contributed by atoms with van der Waals surface area (Å²) in [6, 6.07) is 0. The summed E-state index contributed by atoms with van der Waals surface area (Å²) in [5.74, 6) is 0.676. The van der Waals surface area contributed by atoms with Gasteiger partial charge in [-0.1, -0.05) is 20.3 Å². The van der Waals surface area contributed by atoms with E-state index in [0.29, 0.717) is 5.92 Å². The Balaban J connectivity index is 3.25. The number of nitrogens with zero attached hydrogens (tertiary/aromatic N) is 1. The smallest absolute Gasteiger partial charge is 0.0357 e. The third-order valence-corrected chi connectivity index (χ3v) is 1.29. The minimum atomic E-state index is 0.676. The van der Waals surface area contributed by atoms with Gasteiger partial charge >= 0.3 is 0 Å². The van der Waals surface area contributed by atoms with Gasteiger partial charge in [-0.15, -0.1) is 0 Å². The van der Waals surface area contributed by atoms with Gasteiger partial charge in [0.15, 0.2) is 0 Å². The van der Waals surface area contributed by atoms with E-state index in [1.165, 1.54) is 12.8 Å². The lowest BCUT2D eigenvalue weighted by atomic mass is 10.1. The molecule has 0 rings (SSSR count). The number of hydrogen-bond donors (Lipinski definition) is 0. The first-order valence-corrected chi connectivity index (χ1v) is 3.81. The summed E-state index contributed by atoms with van der Waals surface area (Å²) < 4.78 is 0. The van der Waals surface area contributed by atoms with Crippen molar-refractivity contribution in [2.75, 3.05) is 6.54 Å². The van der Waals surface area contributed by atoms with E-state index in [0.717, 1.165) is 6.54 Å². The Morgan fingerprint density at radius 3 is 2.56 bits per heavy atom. The van der Waals surface area contributed by atoms with Crippen molar-refractivity contribution >= 4 is 6.21 Å². The predicted octanol–water partition coefficient (Wildman–Crippen LogP) is 2.51. The van der Waals surface area contributed by atoms with Crippen molar-refractivity contribution in [1.29, 1.82) is 0 Å². The predicted molar refractivity (Wildman–Crippen MR) is 43.1 cm³/mol. The second-order valence-electron chi connectivity index (χ2n) is 2.41. The van der Waals surface area contributed by atoms with Gasteiger partial charge in [0.05, 0.1) is 0 Å². The highest BCUT2D eigenvalue weighted by Gasteiger charge is 1.92. The molecule has 0 spiro atoms. The van der Waals surface area contributed by atoms with E-state index in [2.05, 4.69) is 32.0 Å². The van der Waals surface area contributed by atoms with E-state index in [9.17, 15) is 0 Å². The molecule has 1 nitrogen and oxygen atoms in total. The summed E-state index contributed by atoms with van der Waals surface area (Å²) in [5, 5.41) is 0. The second kappa shape index (κ2) is 5.80. The molecule has 0 aromatic rings. The molecule has 0 radical (unpaired) electrons. The summed E-state index contributed by atoms with van der Waals surface area (Å²) in [6.45, 7) is 7.40. The van der Waals surface area contributed by atoms with Crippen LogP contribution >= 0.6 is 0 Å². The monoisotopic (exact) mass is 127 g/mol. The topological polar surface area (TPSA) is 12.4 Å². The molecule has 1 unspecified atom stereocenters. The van der Waals surface area contributed by atoms with Crippen LogP contribution in [-0.4, -0.2) is 12.8 Å². The molecule has 0 amide bonds. The number of rotatable bonds is 4. The fraction of sp³-hybridized carbons (Fsp3) is 0.875. The molecule has 0 aromatic carbocycles. The molecular weight excluding hydrogens is 110 g/mol. The van der Waals surface area contributed by atoms with Gasteiger partial charge < -0.3 is 0 Å². The van der Waals surface area contributed by atoms with E-state index in [-0.39, 0.29) is 0 Å². The van der Waals surface area contributed by atoms with Crippen molar-refractivity contribution in [2.24, 2.45) is 10.9 Å². The Morgan fingerprint density at radius 2 is 2.11 bits per heavy atom. The minimum absolute atomic E-state index is 0.676. The maximum atomic E-state index is 4.17. The van der Waals surface area contributed by atoms with Crippen LogP contribution in [0, 0.1) is 5.92 Å².